The molecule has 4 aliphatic heterocycles. The molecule has 4 heterocycles. The van der Waals surface area contributed by atoms with Crippen molar-refractivity contribution in [1.82, 2.24) is 21.3 Å². The van der Waals surface area contributed by atoms with Gasteiger partial charge < -0.3 is 21.3 Å². The Labute approximate surface area is 296 Å². The van der Waals surface area contributed by atoms with E-state index >= 15 is 0 Å². The highest BCUT2D eigenvalue weighted by molar-refractivity contribution is 7.86. The molecule has 0 aromatic heterocycles. The third-order valence-corrected chi connectivity index (χ3v) is 9.13. The van der Waals surface area contributed by atoms with Gasteiger partial charge in [0.05, 0.1) is 11.4 Å². The first-order valence-corrected chi connectivity index (χ1v) is 18.2. The van der Waals surface area contributed by atoms with Gasteiger partial charge in [0.25, 0.3) is 20.2 Å². The lowest BCUT2D eigenvalue weighted by molar-refractivity contribution is 0.481. The van der Waals surface area contributed by atoms with Gasteiger partial charge in [0, 0.05) is 24.5 Å². The van der Waals surface area contributed by atoms with Crippen LogP contribution in [0.25, 0.3) is 0 Å². The van der Waals surface area contributed by atoms with Crippen molar-refractivity contribution >= 4 is 78.7 Å². The van der Waals surface area contributed by atoms with E-state index in [1.165, 1.54) is 0 Å². The van der Waals surface area contributed by atoms with E-state index in [9.17, 15) is 25.9 Å². The predicted molar refractivity (Wildman–Crippen MR) is 197 cm³/mol. The van der Waals surface area contributed by atoms with Crippen LogP contribution in [0.2, 0.25) is 0 Å². The second-order valence-electron chi connectivity index (χ2n) is 11.2. The van der Waals surface area contributed by atoms with E-state index < -0.39 is 41.4 Å². The summed E-state index contributed by atoms with van der Waals surface area (Å²) < 4.78 is 70.7. The summed E-state index contributed by atoms with van der Waals surface area (Å²) in [6.45, 7) is 0.648. The third-order valence-electron chi connectivity index (χ3n) is 7.37. The van der Waals surface area contributed by atoms with Crippen LogP contribution in [-0.4, -0.2) is 61.7 Å². The molecule has 0 aliphatic carbocycles. The van der Waals surface area contributed by atoms with Gasteiger partial charge in [0.2, 0.25) is 35.8 Å². The van der Waals surface area contributed by atoms with E-state index in [4.69, 9.17) is 0 Å². The highest BCUT2D eigenvalue weighted by Gasteiger charge is 2.27. The van der Waals surface area contributed by atoms with Crippen LogP contribution in [0.5, 0.6) is 0 Å². The van der Waals surface area contributed by atoms with Crippen LogP contribution in [0.1, 0.15) is 11.1 Å². The Kier molecular flexibility index (Phi) is 9.17. The summed E-state index contributed by atoms with van der Waals surface area (Å²) in [5.41, 5.74) is 2.07. The van der Waals surface area contributed by atoms with Gasteiger partial charge in [-0.25, -0.2) is 9.98 Å². The first-order chi connectivity index (χ1) is 24.9. The number of guanidine groups is 6. The molecule has 0 fully saturated rings. The SMILES string of the molecule is O=S(=O)(O)c1cc(S(=O)(=O)O)c2cc1N=C1N=C(NCc3ccccc3)N=C(N1)Nc1ccc(cc1)NC1=NC(NCc3ccccc3)=NC(=N2)N1. The van der Waals surface area contributed by atoms with Gasteiger partial charge in [0.1, 0.15) is 9.79 Å². The lowest BCUT2D eigenvalue weighted by Gasteiger charge is -2.19. The number of aliphatic imine (C=N–C) groups is 6. The van der Waals surface area contributed by atoms with Crippen LogP contribution in [-0.2, 0) is 33.3 Å². The van der Waals surface area contributed by atoms with Gasteiger partial charge in [-0.05, 0) is 47.5 Å². The zero-order valence-electron chi connectivity index (χ0n) is 26.7. The van der Waals surface area contributed by atoms with Crippen LogP contribution in [0, 0.1) is 0 Å². The summed E-state index contributed by atoms with van der Waals surface area (Å²) >= 11 is 0. The molecule has 0 radical (unpaired) electrons. The van der Waals surface area contributed by atoms with Crippen molar-refractivity contribution in [1.29, 1.82) is 0 Å². The maximum atomic E-state index is 12.6. The van der Waals surface area contributed by atoms with Gasteiger partial charge >= 0.3 is 0 Å². The third kappa shape index (κ3) is 8.27. The maximum absolute atomic E-state index is 12.6. The van der Waals surface area contributed by atoms with Crippen LogP contribution in [0.3, 0.4) is 0 Å². The molecule has 4 aromatic carbocycles. The molecule has 20 heteroatoms. The largest absolute Gasteiger partial charge is 0.350 e. The summed E-state index contributed by atoms with van der Waals surface area (Å²) in [5, 5.41) is 18.2. The Morgan fingerprint density at radius 2 is 0.904 bits per heavy atom. The fourth-order valence-electron chi connectivity index (χ4n) is 4.99. The zero-order chi connectivity index (χ0) is 36.3. The number of hydrogen-bond donors (Lipinski definition) is 8. The lowest BCUT2D eigenvalue weighted by atomic mass is 10.2. The fourth-order valence-corrected chi connectivity index (χ4v) is 6.33. The number of anilines is 2. The molecular formula is C32H28N12O6S2. The number of rotatable bonds is 6. The second kappa shape index (κ2) is 14.0. The Hall–Kier alpha value is -6.48. The van der Waals surface area contributed by atoms with Crippen molar-refractivity contribution in [2.24, 2.45) is 30.0 Å². The Morgan fingerprint density at radius 3 is 1.29 bits per heavy atom. The van der Waals surface area contributed by atoms with E-state index in [2.05, 4.69) is 61.9 Å². The van der Waals surface area contributed by atoms with E-state index in [0.717, 1.165) is 17.2 Å². The number of benzene rings is 4. The Bertz CT molecular complexity index is 2280. The number of nitrogens with one attached hydrogen (secondary N) is 6. The standard InChI is InChI=1S/C32H28N12O6S2/c45-51(46,47)25-16-26(52(48,49)50)24-15-23(25)37-31-41-27(33-17-19-7-3-1-4-8-19)39-29(43-31)35-21-11-13-22(14-12-21)36-30-40-28(42-32(38-24)44-30)34-18-20-9-5-2-6-10-20/h1-16H,17-18H2,(H,45,46,47)(H,48,49,50)(H3,33,35,37,39,41,43)(H3,34,36,38,40,42,44). The minimum Gasteiger partial charge on any atom is -0.350 e. The number of fused-ring (bicyclic) bond motifs is 2. The number of hydrogen-bond acceptors (Lipinski definition) is 16. The van der Waals surface area contributed by atoms with Crippen molar-refractivity contribution in [2.45, 2.75) is 22.9 Å². The molecule has 8 N–H and O–H groups in total. The van der Waals surface area contributed by atoms with Crippen LogP contribution in [0.15, 0.2) is 137 Å². The Morgan fingerprint density at radius 1 is 0.500 bits per heavy atom. The molecule has 0 atom stereocenters. The quantitative estimate of drug-likeness (QED) is 0.133. The van der Waals surface area contributed by atoms with Crippen molar-refractivity contribution in [3.8, 4) is 0 Å². The van der Waals surface area contributed by atoms with Gasteiger partial charge in [-0.3, -0.25) is 19.7 Å². The lowest BCUT2D eigenvalue weighted by Crippen LogP contribution is -2.42. The topological polar surface area (TPSA) is 255 Å². The van der Waals surface area contributed by atoms with Crippen LogP contribution < -0.4 is 31.9 Å². The average molecular weight is 741 g/mol. The van der Waals surface area contributed by atoms with Crippen molar-refractivity contribution in [3.63, 3.8) is 0 Å². The molecule has 0 saturated carbocycles. The molecule has 18 nitrogen and oxygen atoms in total. The summed E-state index contributed by atoms with van der Waals surface area (Å²) in [4.78, 5) is 24.5. The molecule has 52 heavy (non-hydrogen) atoms. The Balaban J connectivity index is 1.38. The molecule has 4 aromatic rings. The second-order valence-corrected chi connectivity index (χ2v) is 13.9. The minimum atomic E-state index is -5.13. The highest BCUT2D eigenvalue weighted by atomic mass is 32.2. The normalized spacial score (nSPS) is 15.3. The van der Waals surface area contributed by atoms with Crippen LogP contribution in [0.4, 0.5) is 22.7 Å². The monoisotopic (exact) mass is 740 g/mol. The zero-order valence-corrected chi connectivity index (χ0v) is 28.3. The van der Waals surface area contributed by atoms with E-state index in [1.54, 1.807) is 24.3 Å². The smallest absolute Gasteiger partial charge is 0.296 e. The fraction of sp³-hybridized carbons (Fsp3) is 0.0625. The van der Waals surface area contributed by atoms with Gasteiger partial charge in [0.15, 0.2) is 0 Å². The molecular weight excluding hydrogens is 713 g/mol. The van der Waals surface area contributed by atoms with E-state index in [1.807, 2.05) is 60.7 Å². The van der Waals surface area contributed by atoms with E-state index in [-0.39, 0.29) is 35.8 Å². The molecule has 0 amide bonds. The molecule has 4 aliphatic rings. The number of nitrogens with zero attached hydrogens (tertiary/aromatic N) is 6. The molecule has 8 rings (SSSR count). The van der Waals surface area contributed by atoms with Gasteiger partial charge in [-0.2, -0.15) is 36.8 Å². The van der Waals surface area contributed by atoms with Crippen molar-refractivity contribution in [2.75, 3.05) is 10.6 Å². The summed E-state index contributed by atoms with van der Waals surface area (Å²) in [5.74, 6) is 0.0573. The highest BCUT2D eigenvalue weighted by Crippen LogP contribution is 2.36. The first-order valence-electron chi connectivity index (χ1n) is 15.3. The van der Waals surface area contributed by atoms with Crippen molar-refractivity contribution in [3.05, 3.63) is 108 Å². The predicted octanol–water partition coefficient (Wildman–Crippen LogP) is 2.90. The molecule has 0 saturated heterocycles. The van der Waals surface area contributed by atoms with Crippen LogP contribution >= 0.6 is 0 Å². The average Bonchev–Trinajstić information content (AvgIpc) is 3.10. The molecule has 264 valence electrons. The summed E-state index contributed by atoms with van der Waals surface area (Å²) in [6.07, 6.45) is 0. The van der Waals surface area contributed by atoms with Gasteiger partial charge in [-0.15, -0.1) is 0 Å². The first kappa shape index (κ1) is 34.0. The summed E-state index contributed by atoms with van der Waals surface area (Å²) in [7, 11) is -10.3. The van der Waals surface area contributed by atoms with Crippen molar-refractivity contribution < 1.29 is 25.9 Å². The summed E-state index contributed by atoms with van der Waals surface area (Å²) in [6, 6.07) is 27.3. The maximum Gasteiger partial charge on any atom is 0.296 e. The molecule has 0 spiro atoms. The van der Waals surface area contributed by atoms with Gasteiger partial charge in [-0.1, -0.05) is 60.7 Å². The minimum absolute atomic E-state index is 0.0874. The molecule has 0 unspecified atom stereocenters. The molecule has 8 bridgehead atoms. The van der Waals surface area contributed by atoms with E-state index in [0.29, 0.717) is 30.5 Å².